The van der Waals surface area contributed by atoms with Crippen LogP contribution in [0.5, 0.6) is 0 Å². The van der Waals surface area contributed by atoms with Gasteiger partial charge in [0.05, 0.1) is 6.20 Å². The number of rotatable bonds is 6. The third-order valence-electron chi connectivity index (χ3n) is 4.08. The van der Waals surface area contributed by atoms with E-state index in [9.17, 15) is 0 Å². The van der Waals surface area contributed by atoms with Gasteiger partial charge in [-0.1, -0.05) is 29.8 Å². The van der Waals surface area contributed by atoms with Crippen molar-refractivity contribution < 1.29 is 0 Å². The largest absolute Gasteiger partial charge is 0.353 e. The monoisotopic (exact) mass is 309 g/mol. The number of allylic oxidation sites excluding steroid dienone is 1. The van der Waals surface area contributed by atoms with E-state index in [2.05, 4.69) is 44.9 Å². The van der Waals surface area contributed by atoms with Crippen molar-refractivity contribution in [3.63, 3.8) is 0 Å². The lowest BCUT2D eigenvalue weighted by Crippen LogP contribution is -2.09. The molecule has 2 aromatic rings. The van der Waals surface area contributed by atoms with Gasteiger partial charge in [-0.3, -0.25) is 0 Å². The summed E-state index contributed by atoms with van der Waals surface area (Å²) < 4.78 is 0. The van der Waals surface area contributed by atoms with Gasteiger partial charge in [0.2, 0.25) is 5.95 Å². The molecule has 0 bridgehead atoms. The second kappa shape index (κ2) is 7.72. The Kier molecular flexibility index (Phi) is 5.19. The van der Waals surface area contributed by atoms with Crippen LogP contribution in [0.2, 0.25) is 0 Å². The summed E-state index contributed by atoms with van der Waals surface area (Å²) in [6, 6.07) is 8.11. The molecule has 1 aliphatic carbocycles. The van der Waals surface area contributed by atoms with Crippen molar-refractivity contribution in [2.24, 2.45) is 0 Å². The molecule has 1 aliphatic rings. The first-order chi connectivity index (χ1) is 11.3. The van der Waals surface area contributed by atoms with Crippen molar-refractivity contribution in [3.05, 3.63) is 47.7 Å². The number of nitrogens with zero attached hydrogens (tertiary/aromatic N) is 3. The van der Waals surface area contributed by atoms with Gasteiger partial charge in [-0.25, -0.2) is 0 Å². The fourth-order valence-electron chi connectivity index (χ4n) is 2.76. The zero-order valence-corrected chi connectivity index (χ0v) is 13.5. The van der Waals surface area contributed by atoms with Gasteiger partial charge in [0, 0.05) is 12.2 Å². The second-order valence-electron chi connectivity index (χ2n) is 5.89. The summed E-state index contributed by atoms with van der Waals surface area (Å²) in [4.78, 5) is 4.48. The third-order valence-corrected chi connectivity index (χ3v) is 4.08. The molecule has 0 unspecified atom stereocenters. The molecule has 120 valence electrons. The molecule has 0 saturated heterocycles. The summed E-state index contributed by atoms with van der Waals surface area (Å²) >= 11 is 0. The summed E-state index contributed by atoms with van der Waals surface area (Å²) in [7, 11) is 0. The minimum absolute atomic E-state index is 0.569. The molecule has 0 atom stereocenters. The number of aryl methyl sites for hydroxylation is 1. The molecule has 2 N–H and O–H groups in total. The second-order valence-corrected chi connectivity index (χ2v) is 5.89. The molecule has 23 heavy (non-hydrogen) atoms. The maximum atomic E-state index is 4.48. The van der Waals surface area contributed by atoms with Crippen LogP contribution in [0, 0.1) is 6.92 Å². The lowest BCUT2D eigenvalue weighted by atomic mass is 9.97. The van der Waals surface area contributed by atoms with Crippen LogP contribution >= 0.6 is 0 Å². The number of hydrogen-bond donors (Lipinski definition) is 2. The Labute approximate surface area is 137 Å². The first-order valence-corrected chi connectivity index (χ1v) is 8.25. The zero-order chi connectivity index (χ0) is 15.9. The standard InChI is InChI=1S/C18H23N5/c1-14-7-5-6-10-16(14)21-17-13-20-23-18(22-17)19-12-11-15-8-3-2-4-9-15/h5-8,10,13H,2-4,9,11-12H2,1H3,(H2,19,21,22,23). The molecule has 5 nitrogen and oxygen atoms in total. The zero-order valence-electron chi connectivity index (χ0n) is 13.5. The average Bonchev–Trinajstić information content (AvgIpc) is 2.58. The topological polar surface area (TPSA) is 62.7 Å². The Morgan fingerprint density at radius 2 is 2.09 bits per heavy atom. The van der Waals surface area contributed by atoms with E-state index in [4.69, 9.17) is 0 Å². The predicted octanol–water partition coefficient (Wildman–Crippen LogP) is 4.23. The SMILES string of the molecule is Cc1ccccc1Nc1cnnc(NCCC2=CCCCC2)n1. The Morgan fingerprint density at radius 3 is 2.91 bits per heavy atom. The van der Waals surface area contributed by atoms with Crippen LogP contribution in [0.15, 0.2) is 42.1 Å². The van der Waals surface area contributed by atoms with Gasteiger partial charge >= 0.3 is 0 Å². The minimum atomic E-state index is 0.569. The van der Waals surface area contributed by atoms with Gasteiger partial charge < -0.3 is 10.6 Å². The Morgan fingerprint density at radius 1 is 1.17 bits per heavy atom. The smallest absolute Gasteiger partial charge is 0.244 e. The highest BCUT2D eigenvalue weighted by Gasteiger charge is 2.05. The number of para-hydroxylation sites is 1. The van der Waals surface area contributed by atoms with Crippen LogP contribution in [0.1, 0.15) is 37.7 Å². The third kappa shape index (κ3) is 4.52. The number of benzene rings is 1. The molecule has 3 rings (SSSR count). The van der Waals surface area contributed by atoms with Gasteiger partial charge in [0.1, 0.15) is 0 Å². The molecule has 1 heterocycles. The first kappa shape index (κ1) is 15.5. The molecule has 1 aromatic heterocycles. The van der Waals surface area contributed by atoms with Crippen molar-refractivity contribution in [1.82, 2.24) is 15.2 Å². The van der Waals surface area contributed by atoms with E-state index >= 15 is 0 Å². The van der Waals surface area contributed by atoms with Gasteiger partial charge in [0.15, 0.2) is 5.82 Å². The summed E-state index contributed by atoms with van der Waals surface area (Å²) in [6.45, 7) is 2.91. The maximum Gasteiger partial charge on any atom is 0.244 e. The van der Waals surface area contributed by atoms with Crippen LogP contribution in [0.25, 0.3) is 0 Å². The molecular weight excluding hydrogens is 286 g/mol. The van der Waals surface area contributed by atoms with Crippen molar-refractivity contribution in [3.8, 4) is 0 Å². The number of nitrogens with one attached hydrogen (secondary N) is 2. The Balaban J connectivity index is 1.57. The normalized spacial score (nSPS) is 14.2. The van der Waals surface area contributed by atoms with E-state index in [1.807, 2.05) is 18.2 Å². The van der Waals surface area contributed by atoms with E-state index < -0.39 is 0 Å². The molecule has 0 radical (unpaired) electrons. The molecule has 0 aliphatic heterocycles. The average molecular weight is 309 g/mol. The molecule has 0 fully saturated rings. The Bertz CT molecular complexity index is 681. The summed E-state index contributed by atoms with van der Waals surface area (Å²) in [5.74, 6) is 1.27. The van der Waals surface area contributed by atoms with Crippen molar-refractivity contribution >= 4 is 17.5 Å². The fraction of sp³-hybridized carbons (Fsp3) is 0.389. The number of anilines is 3. The van der Waals surface area contributed by atoms with E-state index in [0.717, 1.165) is 18.7 Å². The van der Waals surface area contributed by atoms with Crippen LogP contribution in [-0.4, -0.2) is 21.7 Å². The Hall–Kier alpha value is -2.43. The molecule has 0 amide bonds. The van der Waals surface area contributed by atoms with Crippen molar-refractivity contribution in [1.29, 1.82) is 0 Å². The van der Waals surface area contributed by atoms with E-state index in [-0.39, 0.29) is 0 Å². The van der Waals surface area contributed by atoms with E-state index in [1.54, 1.807) is 11.8 Å². The van der Waals surface area contributed by atoms with Gasteiger partial charge in [0.25, 0.3) is 0 Å². The summed E-state index contributed by atoms with van der Waals surface area (Å²) in [5.41, 5.74) is 3.75. The van der Waals surface area contributed by atoms with Crippen LogP contribution < -0.4 is 10.6 Å². The van der Waals surface area contributed by atoms with Gasteiger partial charge in [-0.2, -0.15) is 10.1 Å². The van der Waals surface area contributed by atoms with Crippen LogP contribution in [-0.2, 0) is 0 Å². The summed E-state index contributed by atoms with van der Waals surface area (Å²) in [6.07, 6.45) is 10.2. The van der Waals surface area contributed by atoms with Crippen LogP contribution in [0.4, 0.5) is 17.5 Å². The first-order valence-electron chi connectivity index (χ1n) is 8.25. The molecule has 1 aromatic carbocycles. The lowest BCUT2D eigenvalue weighted by Gasteiger charge is -2.13. The number of aromatic nitrogens is 3. The lowest BCUT2D eigenvalue weighted by molar-refractivity contribution is 0.679. The van der Waals surface area contributed by atoms with E-state index in [0.29, 0.717) is 11.8 Å². The van der Waals surface area contributed by atoms with Crippen molar-refractivity contribution in [2.45, 2.75) is 39.0 Å². The van der Waals surface area contributed by atoms with Gasteiger partial charge in [-0.05, 0) is 50.7 Å². The molecule has 5 heteroatoms. The molecule has 0 saturated carbocycles. The fourth-order valence-corrected chi connectivity index (χ4v) is 2.76. The maximum absolute atomic E-state index is 4.48. The highest BCUT2D eigenvalue weighted by molar-refractivity contribution is 5.59. The minimum Gasteiger partial charge on any atom is -0.353 e. The highest BCUT2D eigenvalue weighted by atomic mass is 15.3. The van der Waals surface area contributed by atoms with Gasteiger partial charge in [-0.15, -0.1) is 5.10 Å². The predicted molar refractivity (Wildman–Crippen MR) is 93.9 cm³/mol. The summed E-state index contributed by atoms with van der Waals surface area (Å²) in [5, 5.41) is 14.6. The quantitative estimate of drug-likeness (QED) is 0.782. The van der Waals surface area contributed by atoms with Crippen molar-refractivity contribution in [2.75, 3.05) is 17.2 Å². The molecular formula is C18H23N5. The highest BCUT2D eigenvalue weighted by Crippen LogP contribution is 2.20. The van der Waals surface area contributed by atoms with Crippen LogP contribution in [0.3, 0.4) is 0 Å². The van der Waals surface area contributed by atoms with E-state index in [1.165, 1.54) is 31.2 Å². The number of hydrogen-bond acceptors (Lipinski definition) is 5. The molecule has 0 spiro atoms.